The van der Waals surface area contributed by atoms with E-state index in [1.165, 1.54) is 24.3 Å². The van der Waals surface area contributed by atoms with E-state index in [-0.39, 0.29) is 11.5 Å². The molecule has 0 atom stereocenters. The number of pyridine rings is 1. The fourth-order valence-corrected chi connectivity index (χ4v) is 2.12. The molecule has 0 unspecified atom stereocenters. The molecular weight excluding hydrogens is 280 g/mol. The van der Waals surface area contributed by atoms with Gasteiger partial charge in [-0.2, -0.15) is 0 Å². The topological polar surface area (TPSA) is 79.3 Å². The number of carboxylic acids is 1. The summed E-state index contributed by atoms with van der Waals surface area (Å²) in [6.07, 6.45) is 1.71. The summed E-state index contributed by atoms with van der Waals surface area (Å²) in [5.41, 5.74) is 2.06. The number of aromatic carboxylic acids is 1. The maximum absolute atomic E-state index is 12.2. The third-order valence-corrected chi connectivity index (χ3v) is 3.25. The molecule has 2 aromatic carbocycles. The van der Waals surface area contributed by atoms with Crippen LogP contribution in [0.1, 0.15) is 20.7 Å². The lowest BCUT2D eigenvalue weighted by Gasteiger charge is -2.06. The smallest absolute Gasteiger partial charge is 0.335 e. The van der Waals surface area contributed by atoms with Gasteiger partial charge in [0, 0.05) is 22.8 Å². The molecule has 1 heterocycles. The molecule has 0 aliphatic rings. The Morgan fingerprint density at radius 1 is 0.955 bits per heavy atom. The first-order chi connectivity index (χ1) is 10.6. The molecule has 0 saturated carbocycles. The van der Waals surface area contributed by atoms with Gasteiger partial charge in [0.2, 0.25) is 0 Å². The molecule has 108 valence electrons. The predicted octanol–water partition coefficient (Wildman–Crippen LogP) is 3.19. The Morgan fingerprint density at radius 2 is 1.68 bits per heavy atom. The molecule has 1 amide bonds. The van der Waals surface area contributed by atoms with Gasteiger partial charge in [0.15, 0.2) is 0 Å². The first-order valence-corrected chi connectivity index (χ1v) is 6.63. The second-order valence-corrected chi connectivity index (χ2v) is 4.75. The molecule has 0 aliphatic heterocycles. The van der Waals surface area contributed by atoms with Crippen molar-refractivity contribution in [2.24, 2.45) is 0 Å². The van der Waals surface area contributed by atoms with Gasteiger partial charge in [0.05, 0.1) is 11.1 Å². The molecule has 5 nitrogen and oxygen atoms in total. The average molecular weight is 292 g/mol. The van der Waals surface area contributed by atoms with Crippen molar-refractivity contribution in [3.05, 3.63) is 71.9 Å². The van der Waals surface area contributed by atoms with Crippen molar-refractivity contribution >= 4 is 28.5 Å². The van der Waals surface area contributed by atoms with Crippen molar-refractivity contribution < 1.29 is 14.7 Å². The summed E-state index contributed by atoms with van der Waals surface area (Å²) in [7, 11) is 0. The van der Waals surface area contributed by atoms with Crippen molar-refractivity contribution in [3.63, 3.8) is 0 Å². The highest BCUT2D eigenvalue weighted by Crippen LogP contribution is 2.18. The fourth-order valence-electron chi connectivity index (χ4n) is 2.12. The number of aromatic nitrogens is 1. The van der Waals surface area contributed by atoms with Crippen LogP contribution in [-0.4, -0.2) is 22.0 Å². The van der Waals surface area contributed by atoms with Gasteiger partial charge in [0.25, 0.3) is 5.91 Å². The highest BCUT2D eigenvalue weighted by atomic mass is 16.4. The molecule has 0 aliphatic carbocycles. The zero-order valence-electron chi connectivity index (χ0n) is 11.5. The summed E-state index contributed by atoms with van der Waals surface area (Å²) >= 11 is 0. The van der Waals surface area contributed by atoms with Crippen molar-refractivity contribution in [2.75, 3.05) is 5.32 Å². The van der Waals surface area contributed by atoms with Crippen LogP contribution >= 0.6 is 0 Å². The lowest BCUT2D eigenvalue weighted by Crippen LogP contribution is -2.12. The van der Waals surface area contributed by atoms with E-state index >= 15 is 0 Å². The van der Waals surface area contributed by atoms with Gasteiger partial charge in [-0.3, -0.25) is 9.78 Å². The van der Waals surface area contributed by atoms with E-state index in [1.54, 1.807) is 12.3 Å². The summed E-state index contributed by atoms with van der Waals surface area (Å²) < 4.78 is 0. The number of amides is 1. The number of carbonyl (C=O) groups excluding carboxylic acids is 1. The summed E-state index contributed by atoms with van der Waals surface area (Å²) in [4.78, 5) is 27.2. The molecule has 0 radical (unpaired) electrons. The minimum Gasteiger partial charge on any atom is -0.478 e. The number of benzene rings is 2. The van der Waals surface area contributed by atoms with E-state index in [0.29, 0.717) is 11.3 Å². The van der Waals surface area contributed by atoms with Gasteiger partial charge in [-0.25, -0.2) is 4.79 Å². The molecular formula is C17H12N2O3. The molecule has 0 fully saturated rings. The van der Waals surface area contributed by atoms with Crippen LogP contribution in [0.3, 0.4) is 0 Å². The van der Waals surface area contributed by atoms with Crippen LogP contribution in [0, 0.1) is 0 Å². The molecule has 2 N–H and O–H groups in total. The Morgan fingerprint density at radius 3 is 2.41 bits per heavy atom. The van der Waals surface area contributed by atoms with E-state index in [2.05, 4.69) is 10.3 Å². The lowest BCUT2D eigenvalue weighted by molar-refractivity contribution is 0.0696. The Labute approximate surface area is 126 Å². The highest BCUT2D eigenvalue weighted by Gasteiger charge is 2.08. The average Bonchev–Trinajstić information content (AvgIpc) is 2.55. The van der Waals surface area contributed by atoms with Gasteiger partial charge in [-0.05, 0) is 48.5 Å². The van der Waals surface area contributed by atoms with Crippen molar-refractivity contribution in [2.45, 2.75) is 0 Å². The highest BCUT2D eigenvalue weighted by molar-refractivity contribution is 6.05. The summed E-state index contributed by atoms with van der Waals surface area (Å²) in [6.45, 7) is 0. The van der Waals surface area contributed by atoms with E-state index in [1.807, 2.05) is 24.3 Å². The Bertz CT molecular complexity index is 857. The van der Waals surface area contributed by atoms with Gasteiger partial charge < -0.3 is 10.4 Å². The Hall–Kier alpha value is -3.21. The monoisotopic (exact) mass is 292 g/mol. The molecule has 3 aromatic rings. The Balaban J connectivity index is 1.81. The fraction of sp³-hybridized carbons (Fsp3) is 0. The quantitative estimate of drug-likeness (QED) is 0.777. The van der Waals surface area contributed by atoms with Crippen molar-refractivity contribution in [1.29, 1.82) is 0 Å². The third kappa shape index (κ3) is 2.78. The van der Waals surface area contributed by atoms with Crippen LogP contribution < -0.4 is 5.32 Å². The van der Waals surface area contributed by atoms with Gasteiger partial charge >= 0.3 is 5.97 Å². The number of carbonyl (C=O) groups is 2. The normalized spacial score (nSPS) is 10.4. The van der Waals surface area contributed by atoms with Crippen molar-refractivity contribution in [3.8, 4) is 0 Å². The standard InChI is InChI=1S/C17H12N2O3/c20-16(11-3-5-12(6-4-11)17(21)22)19-14-7-8-15-13(10-14)2-1-9-18-15/h1-10H,(H,19,20)(H,21,22). The van der Waals surface area contributed by atoms with Gasteiger partial charge in [-0.1, -0.05) is 6.07 Å². The number of nitrogens with zero attached hydrogens (tertiary/aromatic N) is 1. The van der Waals surface area contributed by atoms with Gasteiger partial charge in [-0.15, -0.1) is 0 Å². The van der Waals surface area contributed by atoms with Gasteiger partial charge in [0.1, 0.15) is 0 Å². The Kier molecular flexibility index (Phi) is 3.53. The van der Waals surface area contributed by atoms with Crippen LogP contribution in [0.15, 0.2) is 60.8 Å². The molecule has 3 rings (SSSR count). The van der Waals surface area contributed by atoms with E-state index in [9.17, 15) is 9.59 Å². The summed E-state index contributed by atoms with van der Waals surface area (Å²) in [5, 5.41) is 12.6. The zero-order chi connectivity index (χ0) is 15.5. The lowest BCUT2D eigenvalue weighted by atomic mass is 10.1. The molecule has 0 bridgehead atoms. The number of fused-ring (bicyclic) bond motifs is 1. The third-order valence-electron chi connectivity index (χ3n) is 3.25. The second kappa shape index (κ2) is 5.65. The number of carboxylic acid groups (broad SMARTS) is 1. The number of hydrogen-bond acceptors (Lipinski definition) is 3. The van der Waals surface area contributed by atoms with Crippen LogP contribution in [-0.2, 0) is 0 Å². The maximum Gasteiger partial charge on any atom is 0.335 e. The van der Waals surface area contributed by atoms with E-state index in [4.69, 9.17) is 5.11 Å². The molecule has 22 heavy (non-hydrogen) atoms. The predicted molar refractivity (Wildman–Crippen MR) is 83.1 cm³/mol. The molecule has 0 saturated heterocycles. The minimum atomic E-state index is -1.02. The SMILES string of the molecule is O=C(O)c1ccc(C(=O)Nc2ccc3ncccc3c2)cc1. The van der Waals surface area contributed by atoms with Crippen LogP contribution in [0.2, 0.25) is 0 Å². The zero-order valence-corrected chi connectivity index (χ0v) is 11.5. The molecule has 5 heteroatoms. The molecule has 1 aromatic heterocycles. The minimum absolute atomic E-state index is 0.147. The van der Waals surface area contributed by atoms with Crippen molar-refractivity contribution in [1.82, 2.24) is 4.98 Å². The number of nitrogens with one attached hydrogen (secondary N) is 1. The molecule has 0 spiro atoms. The number of rotatable bonds is 3. The van der Waals surface area contributed by atoms with E-state index < -0.39 is 5.97 Å². The van der Waals surface area contributed by atoms with Crippen LogP contribution in [0.4, 0.5) is 5.69 Å². The number of anilines is 1. The van der Waals surface area contributed by atoms with Crippen LogP contribution in [0.25, 0.3) is 10.9 Å². The van der Waals surface area contributed by atoms with E-state index in [0.717, 1.165) is 10.9 Å². The summed E-state index contributed by atoms with van der Waals surface area (Å²) in [6, 6.07) is 15.0. The first-order valence-electron chi connectivity index (χ1n) is 6.63. The maximum atomic E-state index is 12.2. The second-order valence-electron chi connectivity index (χ2n) is 4.75. The number of hydrogen-bond donors (Lipinski definition) is 2. The largest absolute Gasteiger partial charge is 0.478 e. The first kappa shape index (κ1) is 13.8. The van der Waals surface area contributed by atoms with Crippen LogP contribution in [0.5, 0.6) is 0 Å². The summed E-state index contributed by atoms with van der Waals surface area (Å²) in [5.74, 6) is -1.31.